The number of amides is 4. The van der Waals surface area contributed by atoms with E-state index in [1.807, 2.05) is 0 Å². The smallest absolute Gasteiger partial charge is 0.508 e. The van der Waals surface area contributed by atoms with E-state index in [2.05, 4.69) is 10.2 Å². The number of methoxy groups -OCH3 is 1. The van der Waals surface area contributed by atoms with Crippen molar-refractivity contribution < 1.29 is 52.1 Å². The number of phenols is 1. The van der Waals surface area contributed by atoms with Crippen molar-refractivity contribution in [2.45, 2.75) is 30.5 Å². The van der Waals surface area contributed by atoms with E-state index in [4.69, 9.17) is 27.9 Å². The number of hydrogen-bond donors (Lipinski definition) is 3. The highest BCUT2D eigenvalue weighted by molar-refractivity contribution is 6.36. The van der Waals surface area contributed by atoms with Gasteiger partial charge in [0.2, 0.25) is 0 Å². The van der Waals surface area contributed by atoms with Gasteiger partial charge in [-0.3, -0.25) is 29.8 Å². The number of allylic oxidation sites excluding steroid dienone is 2. The zero-order valence-corrected chi connectivity index (χ0v) is 27.3. The molecule has 2 aliphatic carbocycles. The third-order valence-corrected chi connectivity index (χ3v) is 10.6. The van der Waals surface area contributed by atoms with E-state index in [1.54, 1.807) is 30.3 Å². The Morgan fingerprint density at radius 1 is 0.920 bits per heavy atom. The van der Waals surface area contributed by atoms with Gasteiger partial charge in [0.15, 0.2) is 0 Å². The molecule has 6 unspecified atom stereocenters. The molecule has 4 aliphatic rings. The first kappa shape index (κ1) is 33.7. The first-order valence-electron chi connectivity index (χ1n) is 15.3. The Balaban J connectivity index is 1.50. The van der Waals surface area contributed by atoms with E-state index >= 15 is 4.79 Å². The Morgan fingerprint density at radius 3 is 2.28 bits per heavy atom. The molecule has 16 heteroatoms. The Morgan fingerprint density at radius 2 is 1.62 bits per heavy atom. The summed E-state index contributed by atoms with van der Waals surface area (Å²) in [7, 11) is 1.42. The quantitative estimate of drug-likeness (QED) is 0.158. The first-order chi connectivity index (χ1) is 23.7. The fourth-order valence-corrected chi connectivity index (χ4v) is 8.58. The topological polar surface area (TPSA) is 146 Å². The average Bonchev–Trinajstić information content (AvgIpc) is 3.42. The van der Waals surface area contributed by atoms with Gasteiger partial charge in [-0.15, -0.1) is 13.2 Å². The van der Waals surface area contributed by atoms with Gasteiger partial charge in [-0.1, -0.05) is 47.0 Å². The lowest BCUT2D eigenvalue weighted by molar-refractivity contribution is -0.274. The van der Waals surface area contributed by atoms with Gasteiger partial charge < -0.3 is 14.6 Å². The maximum atomic E-state index is 15.1. The summed E-state index contributed by atoms with van der Waals surface area (Å²) in [5.41, 5.74) is 1.33. The van der Waals surface area contributed by atoms with E-state index in [1.165, 1.54) is 25.3 Å². The lowest BCUT2D eigenvalue weighted by Crippen LogP contribution is -2.53. The molecule has 2 aliphatic heterocycles. The highest BCUT2D eigenvalue weighted by atomic mass is 35.5. The van der Waals surface area contributed by atoms with Crippen molar-refractivity contribution in [1.29, 1.82) is 0 Å². The minimum absolute atomic E-state index is 0.0414. The summed E-state index contributed by atoms with van der Waals surface area (Å²) in [6.07, 6.45) is -3.76. The number of fused-ring (bicyclic) bond motifs is 4. The number of hydroxylamine groups is 2. The SMILES string of the molecule is COc1ccc(C23C(=O)N(Nc4ccc(Cl)cc4Cl)C(=O)C2CC2C(=CCC4C(=O)N(O)C(=O)C42)C3c2cc(OC(F)(F)F)ccc2O)cc1. The molecule has 0 aromatic heterocycles. The van der Waals surface area contributed by atoms with Crippen LogP contribution in [0.3, 0.4) is 0 Å². The lowest BCUT2D eigenvalue weighted by atomic mass is 9.49. The maximum absolute atomic E-state index is 15.1. The second-order valence-corrected chi connectivity index (χ2v) is 13.3. The average molecular weight is 732 g/mol. The standard InChI is InChI=1S/C34H26Cl2F3N3O8/c1-49-17-5-2-15(3-6-17)33-23(30(45)41(32(33)47)40-25-10-4-16(35)12-24(25)36)14-21-19(8-9-20-27(21)31(46)42(48)29(20)44)28(33)22-13-18(7-11-26(22)43)50-34(37,38)39/h2-8,10-13,20-21,23,27-28,40,43,48H,9,14H2,1H3. The Labute approximate surface area is 291 Å². The van der Waals surface area contributed by atoms with Crippen LogP contribution < -0.4 is 14.9 Å². The van der Waals surface area contributed by atoms with Crippen molar-refractivity contribution in [3.05, 3.63) is 93.5 Å². The number of halogens is 5. The molecule has 3 fully saturated rings. The summed E-state index contributed by atoms with van der Waals surface area (Å²) < 4.78 is 49.9. The van der Waals surface area contributed by atoms with E-state index in [9.17, 15) is 37.9 Å². The third-order valence-electron chi connectivity index (χ3n) is 10.1. The Kier molecular flexibility index (Phi) is 8.03. The Hall–Kier alpha value is -4.79. The summed E-state index contributed by atoms with van der Waals surface area (Å²) in [6.45, 7) is 0. The normalized spacial score (nSPS) is 27.5. The monoisotopic (exact) mass is 731 g/mol. The highest BCUT2D eigenvalue weighted by Gasteiger charge is 2.70. The highest BCUT2D eigenvalue weighted by Crippen LogP contribution is 2.65. The minimum Gasteiger partial charge on any atom is -0.508 e. The molecular weight excluding hydrogens is 706 g/mol. The molecule has 0 spiro atoms. The number of ether oxygens (including phenoxy) is 2. The number of aromatic hydroxyl groups is 1. The van der Waals surface area contributed by atoms with Crippen molar-refractivity contribution in [2.24, 2.45) is 23.7 Å². The molecule has 0 bridgehead atoms. The van der Waals surface area contributed by atoms with Crippen molar-refractivity contribution in [3.63, 3.8) is 0 Å². The molecule has 7 rings (SSSR count). The maximum Gasteiger partial charge on any atom is 0.573 e. The molecule has 50 heavy (non-hydrogen) atoms. The van der Waals surface area contributed by atoms with Crippen molar-refractivity contribution in [2.75, 3.05) is 12.5 Å². The van der Waals surface area contributed by atoms with Crippen LogP contribution in [0.1, 0.15) is 29.9 Å². The van der Waals surface area contributed by atoms with E-state index in [0.29, 0.717) is 11.3 Å². The van der Waals surface area contributed by atoms with Gasteiger partial charge in [0.05, 0.1) is 41.0 Å². The van der Waals surface area contributed by atoms with Gasteiger partial charge >= 0.3 is 6.36 Å². The first-order valence-corrected chi connectivity index (χ1v) is 16.0. The third kappa shape index (κ3) is 5.07. The molecule has 3 aromatic rings. The van der Waals surface area contributed by atoms with Gasteiger partial charge in [-0.05, 0) is 72.9 Å². The number of phenolic OH excluding ortho intramolecular Hbond substituents is 1. The second-order valence-electron chi connectivity index (χ2n) is 12.5. The van der Waals surface area contributed by atoms with Gasteiger partial charge in [0.1, 0.15) is 17.2 Å². The summed E-state index contributed by atoms with van der Waals surface area (Å²) in [5, 5.41) is 22.9. The number of hydrazine groups is 1. The molecular formula is C34H26Cl2F3N3O8. The van der Waals surface area contributed by atoms with Gasteiger partial charge in [-0.2, -0.15) is 10.1 Å². The van der Waals surface area contributed by atoms with Crippen LogP contribution in [0.5, 0.6) is 17.2 Å². The number of anilines is 1. The predicted molar refractivity (Wildman–Crippen MR) is 169 cm³/mol. The van der Waals surface area contributed by atoms with E-state index in [-0.39, 0.29) is 44.8 Å². The van der Waals surface area contributed by atoms with E-state index in [0.717, 1.165) is 23.2 Å². The lowest BCUT2D eigenvalue weighted by Gasteiger charge is -2.50. The van der Waals surface area contributed by atoms with Crippen LogP contribution >= 0.6 is 23.2 Å². The predicted octanol–water partition coefficient (Wildman–Crippen LogP) is 5.98. The van der Waals surface area contributed by atoms with Crippen molar-refractivity contribution >= 4 is 52.5 Å². The number of carbonyl (C=O) groups is 4. The molecule has 0 radical (unpaired) electrons. The summed E-state index contributed by atoms with van der Waals surface area (Å²) in [5.74, 6) is -10.0. The van der Waals surface area contributed by atoms with Gasteiger partial charge in [0, 0.05) is 16.5 Å². The van der Waals surface area contributed by atoms with Crippen molar-refractivity contribution in [3.8, 4) is 17.2 Å². The largest absolute Gasteiger partial charge is 0.573 e. The van der Waals surface area contributed by atoms with Crippen LogP contribution in [-0.2, 0) is 24.6 Å². The molecule has 260 valence electrons. The molecule has 3 N–H and O–H groups in total. The van der Waals surface area contributed by atoms with Crippen LogP contribution in [0.25, 0.3) is 0 Å². The van der Waals surface area contributed by atoms with Crippen LogP contribution in [0.2, 0.25) is 10.0 Å². The zero-order valence-electron chi connectivity index (χ0n) is 25.8. The molecule has 1 saturated carbocycles. The van der Waals surface area contributed by atoms with Crippen LogP contribution in [0.4, 0.5) is 18.9 Å². The fourth-order valence-electron chi connectivity index (χ4n) is 8.13. The number of imide groups is 2. The van der Waals surface area contributed by atoms with Gasteiger partial charge in [0.25, 0.3) is 23.6 Å². The minimum atomic E-state index is -5.12. The fraction of sp³-hybridized carbons (Fsp3) is 0.294. The number of carbonyl (C=O) groups excluding carboxylic acids is 4. The number of alkyl halides is 3. The Bertz CT molecular complexity index is 1990. The van der Waals surface area contributed by atoms with Gasteiger partial charge in [-0.25, -0.2) is 0 Å². The van der Waals surface area contributed by atoms with Crippen LogP contribution in [0.15, 0.2) is 72.3 Å². The number of nitrogens with zero attached hydrogens (tertiary/aromatic N) is 2. The summed E-state index contributed by atoms with van der Waals surface area (Å²) in [4.78, 5) is 56.0. The summed E-state index contributed by atoms with van der Waals surface area (Å²) >= 11 is 12.5. The van der Waals surface area contributed by atoms with Crippen LogP contribution in [-0.4, -0.2) is 57.5 Å². The second kappa shape index (κ2) is 11.9. The molecule has 2 saturated heterocycles. The summed E-state index contributed by atoms with van der Waals surface area (Å²) in [6, 6.07) is 13.3. The zero-order chi connectivity index (χ0) is 35.9. The molecule has 4 amide bonds. The van der Waals surface area contributed by atoms with Crippen molar-refractivity contribution in [1.82, 2.24) is 10.1 Å². The number of benzene rings is 3. The molecule has 3 aromatic carbocycles. The number of nitrogens with one attached hydrogen (secondary N) is 1. The molecule has 2 heterocycles. The van der Waals surface area contributed by atoms with E-state index < -0.39 is 76.5 Å². The number of hydrogen-bond acceptors (Lipinski definition) is 9. The molecule has 11 nitrogen and oxygen atoms in total. The number of rotatable bonds is 6. The molecule has 6 atom stereocenters. The van der Waals surface area contributed by atoms with Crippen LogP contribution in [0, 0.1) is 23.7 Å².